The number of amides is 1. The third kappa shape index (κ3) is 13.6. The number of alkyl halides is 6. The highest BCUT2D eigenvalue weighted by Gasteiger charge is 2.39. The van der Waals surface area contributed by atoms with Crippen LogP contribution < -0.4 is 10.6 Å². The van der Waals surface area contributed by atoms with Crippen LogP contribution in [0.3, 0.4) is 0 Å². The number of rotatable bonds is 7. The molecular formula is C31H37F6N5O7S. The monoisotopic (exact) mass is 737 g/mol. The van der Waals surface area contributed by atoms with Gasteiger partial charge < -0.3 is 25.7 Å². The Morgan fingerprint density at radius 1 is 0.880 bits per heavy atom. The number of piperidine rings is 1. The largest absolute Gasteiger partial charge is 0.490 e. The Balaban J connectivity index is 0.000000521. The van der Waals surface area contributed by atoms with Crippen LogP contribution in [-0.2, 0) is 30.8 Å². The summed E-state index contributed by atoms with van der Waals surface area (Å²) in [6.45, 7) is 3.51. The summed E-state index contributed by atoms with van der Waals surface area (Å²) in [5.41, 5.74) is 2.83. The summed E-state index contributed by atoms with van der Waals surface area (Å²) in [5, 5.41) is 29.9. The first-order valence-corrected chi connectivity index (χ1v) is 16.6. The van der Waals surface area contributed by atoms with Gasteiger partial charge in [-0.3, -0.25) is 4.79 Å². The fourth-order valence-electron chi connectivity index (χ4n) is 4.78. The first-order chi connectivity index (χ1) is 23.2. The minimum absolute atomic E-state index is 0.111. The lowest BCUT2D eigenvalue weighted by Gasteiger charge is -2.23. The summed E-state index contributed by atoms with van der Waals surface area (Å²) in [6.07, 6.45) is -6.02. The third-order valence-corrected chi connectivity index (χ3v) is 9.39. The second kappa shape index (κ2) is 18.7. The first-order valence-electron chi connectivity index (χ1n) is 15.2. The number of carboxylic acid groups (broad SMARTS) is 2. The Morgan fingerprint density at radius 2 is 1.40 bits per heavy atom. The van der Waals surface area contributed by atoms with E-state index in [0.717, 1.165) is 62.0 Å². The van der Waals surface area contributed by atoms with Crippen LogP contribution in [0.5, 0.6) is 0 Å². The third-order valence-electron chi connectivity index (χ3n) is 7.48. The van der Waals surface area contributed by atoms with Crippen LogP contribution in [0.25, 0.3) is 11.1 Å². The summed E-state index contributed by atoms with van der Waals surface area (Å²) in [7, 11) is -1.50. The molecule has 2 aliphatic heterocycles. The van der Waals surface area contributed by atoms with Gasteiger partial charge in [0, 0.05) is 26.1 Å². The number of hydrogen-bond acceptors (Lipinski definition) is 8. The molecule has 2 fully saturated rings. The highest BCUT2D eigenvalue weighted by Crippen LogP contribution is 2.24. The zero-order valence-electron chi connectivity index (χ0n) is 26.8. The maximum atomic E-state index is 13.1. The molecule has 0 aliphatic carbocycles. The van der Waals surface area contributed by atoms with E-state index >= 15 is 0 Å². The minimum atomic E-state index is -5.08. The second-order valence-corrected chi connectivity index (χ2v) is 13.2. The summed E-state index contributed by atoms with van der Waals surface area (Å²) >= 11 is 0. The van der Waals surface area contributed by atoms with Crippen molar-refractivity contribution >= 4 is 27.9 Å². The number of benzene rings is 2. The SMILES string of the molecule is CN1CCCN(S(=O)(=O)c2ccc(-c3ccc(CC(C#N)NC(=O)[C@@H]4CCCCN4)cc3)cc2)CC1.O=C(O)C(F)(F)F.O=C(O)C(F)(F)F. The van der Waals surface area contributed by atoms with E-state index < -0.39 is 40.4 Å². The lowest BCUT2D eigenvalue weighted by molar-refractivity contribution is -0.193. The van der Waals surface area contributed by atoms with Gasteiger partial charge in [0.25, 0.3) is 0 Å². The molecule has 2 saturated heterocycles. The van der Waals surface area contributed by atoms with Crippen molar-refractivity contribution < 1.29 is 59.4 Å². The summed E-state index contributed by atoms with van der Waals surface area (Å²) in [6, 6.07) is 16.2. The van der Waals surface area contributed by atoms with Gasteiger partial charge in [-0.05, 0) is 68.2 Å². The zero-order chi connectivity index (χ0) is 37.7. The van der Waals surface area contributed by atoms with E-state index in [0.29, 0.717) is 24.4 Å². The van der Waals surface area contributed by atoms with Crippen LogP contribution in [-0.4, -0.2) is 110 Å². The van der Waals surface area contributed by atoms with Gasteiger partial charge in [0.1, 0.15) is 6.04 Å². The number of nitrogens with zero attached hydrogens (tertiary/aromatic N) is 3. The lowest BCUT2D eigenvalue weighted by atomic mass is 10.00. The number of aliphatic carboxylic acids is 2. The van der Waals surface area contributed by atoms with E-state index in [1.54, 1.807) is 16.4 Å². The van der Waals surface area contributed by atoms with Crippen molar-refractivity contribution in [3.05, 3.63) is 54.1 Å². The molecule has 4 rings (SSSR count). The van der Waals surface area contributed by atoms with Crippen molar-refractivity contribution in [3.63, 3.8) is 0 Å². The standard InChI is InChI=1S/C27H35N5O3S.2C2HF3O2/c1-31-15-4-16-32(18-17-31)36(34,35)25-12-10-23(11-13-25)22-8-6-21(7-9-22)19-24(20-28)30-27(33)26-5-2-3-14-29-26;2*3-2(4,5)1(6)7/h6-13,24,26,29H,2-5,14-19H2,1H3,(H,30,33);2*(H,6,7)/t24?,26-;;/m0../s1. The molecule has 1 amide bonds. The van der Waals surface area contributed by atoms with Gasteiger partial charge in [-0.25, -0.2) is 18.0 Å². The van der Waals surface area contributed by atoms with Gasteiger partial charge in [-0.2, -0.15) is 35.9 Å². The molecule has 2 aliphatic rings. The molecule has 0 bridgehead atoms. The zero-order valence-corrected chi connectivity index (χ0v) is 27.6. The molecule has 276 valence electrons. The molecule has 0 saturated carbocycles. The van der Waals surface area contributed by atoms with Crippen molar-refractivity contribution in [2.24, 2.45) is 0 Å². The lowest BCUT2D eigenvalue weighted by Crippen LogP contribution is -2.49. The molecule has 0 aromatic heterocycles. The van der Waals surface area contributed by atoms with Gasteiger partial charge in [0.15, 0.2) is 0 Å². The fraction of sp³-hybridized carbons (Fsp3) is 0.484. The molecule has 2 atom stereocenters. The minimum Gasteiger partial charge on any atom is -0.475 e. The van der Waals surface area contributed by atoms with Crippen molar-refractivity contribution in [1.29, 1.82) is 5.26 Å². The fourth-order valence-corrected chi connectivity index (χ4v) is 6.25. The number of likely N-dealkylation sites (N-methyl/N-ethyl adjacent to an activating group) is 1. The van der Waals surface area contributed by atoms with Crippen LogP contribution in [0.2, 0.25) is 0 Å². The van der Waals surface area contributed by atoms with Crippen molar-refractivity contribution in [1.82, 2.24) is 19.8 Å². The van der Waals surface area contributed by atoms with Crippen LogP contribution in [0.4, 0.5) is 26.3 Å². The maximum absolute atomic E-state index is 13.1. The summed E-state index contributed by atoms with van der Waals surface area (Å²) < 4.78 is 91.2. The summed E-state index contributed by atoms with van der Waals surface area (Å²) in [4.78, 5) is 32.7. The first kappa shape index (κ1) is 41.9. The highest BCUT2D eigenvalue weighted by atomic mass is 32.2. The van der Waals surface area contributed by atoms with E-state index in [-0.39, 0.29) is 11.9 Å². The number of carbonyl (C=O) groups is 3. The average molecular weight is 738 g/mol. The van der Waals surface area contributed by atoms with E-state index in [1.165, 1.54) is 0 Å². The number of sulfonamides is 1. The topological polar surface area (TPSA) is 180 Å². The van der Waals surface area contributed by atoms with Gasteiger partial charge >= 0.3 is 24.3 Å². The number of carboxylic acids is 2. The smallest absolute Gasteiger partial charge is 0.475 e. The second-order valence-electron chi connectivity index (χ2n) is 11.3. The summed E-state index contributed by atoms with van der Waals surface area (Å²) in [5.74, 6) is -5.62. The number of nitrogens with one attached hydrogen (secondary N) is 2. The average Bonchev–Trinajstić information content (AvgIpc) is 3.29. The number of nitriles is 1. The van der Waals surface area contributed by atoms with Crippen LogP contribution in [0.1, 0.15) is 31.2 Å². The Bertz CT molecular complexity index is 1550. The number of halogens is 6. The molecule has 50 heavy (non-hydrogen) atoms. The molecule has 0 spiro atoms. The van der Waals surface area contributed by atoms with Crippen LogP contribution in [0.15, 0.2) is 53.4 Å². The molecule has 12 nitrogen and oxygen atoms in total. The van der Waals surface area contributed by atoms with E-state index in [9.17, 15) is 44.8 Å². The number of carbonyl (C=O) groups excluding carboxylic acids is 1. The quantitative estimate of drug-likeness (QED) is 0.307. The van der Waals surface area contributed by atoms with E-state index in [1.807, 2.05) is 43.4 Å². The van der Waals surface area contributed by atoms with Crippen molar-refractivity contribution in [3.8, 4) is 17.2 Å². The van der Waals surface area contributed by atoms with E-state index in [2.05, 4.69) is 21.6 Å². The van der Waals surface area contributed by atoms with Crippen molar-refractivity contribution in [2.75, 3.05) is 39.8 Å². The molecule has 2 aromatic rings. The Morgan fingerprint density at radius 3 is 1.86 bits per heavy atom. The maximum Gasteiger partial charge on any atom is 0.490 e. The van der Waals surface area contributed by atoms with Gasteiger partial charge in [-0.15, -0.1) is 0 Å². The van der Waals surface area contributed by atoms with E-state index in [4.69, 9.17) is 19.8 Å². The molecule has 19 heteroatoms. The molecular weight excluding hydrogens is 700 g/mol. The Labute approximate surface area is 284 Å². The predicted octanol–water partition coefficient (Wildman–Crippen LogP) is 3.64. The van der Waals surface area contributed by atoms with Gasteiger partial charge in [0.05, 0.1) is 17.0 Å². The van der Waals surface area contributed by atoms with Crippen molar-refractivity contribution in [2.45, 2.75) is 61.4 Å². The molecule has 0 radical (unpaired) electrons. The highest BCUT2D eigenvalue weighted by molar-refractivity contribution is 7.89. The van der Waals surface area contributed by atoms with Gasteiger partial charge in [-0.1, -0.05) is 42.8 Å². The number of hydrogen-bond donors (Lipinski definition) is 4. The predicted molar refractivity (Wildman–Crippen MR) is 167 cm³/mol. The Kier molecular flexibility index (Phi) is 15.6. The van der Waals surface area contributed by atoms with Crippen LogP contribution in [0, 0.1) is 11.3 Å². The molecule has 2 aromatic carbocycles. The van der Waals surface area contributed by atoms with Gasteiger partial charge in [0.2, 0.25) is 15.9 Å². The normalized spacial score (nSPS) is 18.1. The molecule has 1 unspecified atom stereocenters. The Hall–Kier alpha value is -4.25. The molecule has 2 heterocycles. The van der Waals surface area contributed by atoms with Crippen LogP contribution >= 0.6 is 0 Å². The molecule has 4 N–H and O–H groups in total.